The van der Waals surface area contributed by atoms with Crippen molar-refractivity contribution in [2.45, 2.75) is 0 Å². The molecule has 36 valence electrons. The second kappa shape index (κ2) is 6.39. The van der Waals surface area contributed by atoms with Crippen molar-refractivity contribution in [1.29, 1.82) is 0 Å². The fourth-order valence-corrected chi connectivity index (χ4v) is 0.0680. The Morgan fingerprint density at radius 3 is 2.14 bits per heavy atom. The van der Waals surface area contributed by atoms with Crippen molar-refractivity contribution >= 4 is 5.97 Å². The monoisotopic (exact) mass is 113 g/mol. The molecule has 0 unspecified atom stereocenters. The fourth-order valence-electron chi connectivity index (χ4n) is 0.0680. The van der Waals surface area contributed by atoms with Gasteiger partial charge in [-0.1, -0.05) is 0 Å². The number of carbonyl (C=O) groups is 1. The number of quaternary nitrogens is 1. The summed E-state index contributed by atoms with van der Waals surface area (Å²) in [6, 6.07) is 0. The van der Waals surface area contributed by atoms with E-state index in [9.17, 15) is 15.1 Å². The molecule has 0 bridgehead atoms. The summed E-state index contributed by atoms with van der Waals surface area (Å²) >= 11 is 0. The van der Waals surface area contributed by atoms with Crippen LogP contribution in [0, 0.1) is 5.21 Å². The third-order valence-electron chi connectivity index (χ3n) is 0.250. The van der Waals surface area contributed by atoms with Crippen LogP contribution in [0.15, 0.2) is 0 Å². The molecule has 4 nitrogen and oxygen atoms in total. The summed E-state index contributed by atoms with van der Waals surface area (Å²) in [6.07, 6.45) is 0. The number of carbonyl (C=O) groups excluding carboxylic acids is 1. The SMILES string of the molecule is O=C([O-])C[NH2+][O-].[Na+]. The maximum absolute atomic E-state index is 9.26. The number of aliphatic carboxylic acids is 1. The van der Waals surface area contributed by atoms with Gasteiger partial charge in [0.1, 0.15) is 6.54 Å². The molecule has 0 saturated carbocycles. The van der Waals surface area contributed by atoms with E-state index >= 15 is 0 Å². The molecule has 0 heterocycles. The molecule has 0 atom stereocenters. The van der Waals surface area contributed by atoms with Crippen LogP contribution < -0.4 is 40.1 Å². The minimum atomic E-state index is -1.33. The van der Waals surface area contributed by atoms with Gasteiger partial charge in [-0.05, 0) is 0 Å². The number of hydroxylamine groups is 1. The van der Waals surface area contributed by atoms with Crippen molar-refractivity contribution in [1.82, 2.24) is 0 Å². The van der Waals surface area contributed by atoms with E-state index in [1.807, 2.05) is 0 Å². The van der Waals surface area contributed by atoms with E-state index in [0.717, 1.165) is 0 Å². The van der Waals surface area contributed by atoms with Gasteiger partial charge < -0.3 is 20.6 Å². The Bertz CT molecular complexity index is 56.9. The first kappa shape index (κ1) is 10.4. The van der Waals surface area contributed by atoms with Crippen molar-refractivity contribution in [3.05, 3.63) is 5.21 Å². The van der Waals surface area contributed by atoms with Crippen molar-refractivity contribution < 1.29 is 44.9 Å². The van der Waals surface area contributed by atoms with Gasteiger partial charge >= 0.3 is 29.6 Å². The second-order valence-electron chi connectivity index (χ2n) is 0.743. The summed E-state index contributed by atoms with van der Waals surface area (Å²) < 4.78 is 0. The minimum Gasteiger partial charge on any atom is -0.635 e. The zero-order chi connectivity index (χ0) is 4.99. The Morgan fingerprint density at radius 2 is 2.14 bits per heavy atom. The summed E-state index contributed by atoms with van der Waals surface area (Å²) in [7, 11) is 0. The third-order valence-corrected chi connectivity index (χ3v) is 0.250. The molecule has 0 fully saturated rings. The molecule has 0 amide bonds. The summed E-state index contributed by atoms with van der Waals surface area (Å²) in [6.45, 7) is -0.500. The molecule has 0 rings (SSSR count). The van der Waals surface area contributed by atoms with Gasteiger partial charge in [-0.2, -0.15) is 0 Å². The molecule has 0 spiro atoms. The second-order valence-corrected chi connectivity index (χ2v) is 0.743. The van der Waals surface area contributed by atoms with Gasteiger partial charge in [0.2, 0.25) is 0 Å². The number of hydrogen-bond donors (Lipinski definition) is 1. The van der Waals surface area contributed by atoms with Crippen LogP contribution in [0.2, 0.25) is 0 Å². The smallest absolute Gasteiger partial charge is 0.635 e. The van der Waals surface area contributed by atoms with Crippen molar-refractivity contribution in [3.63, 3.8) is 0 Å². The van der Waals surface area contributed by atoms with Crippen LogP contribution in [0.5, 0.6) is 0 Å². The number of hydrogen-bond acceptors (Lipinski definition) is 3. The molecule has 5 heteroatoms. The summed E-state index contributed by atoms with van der Waals surface area (Å²) in [5.74, 6) is -1.33. The number of nitrogens with two attached hydrogens (primary N) is 1. The molecule has 0 aliphatic heterocycles. The van der Waals surface area contributed by atoms with Crippen LogP contribution in [0.3, 0.4) is 0 Å². The van der Waals surface area contributed by atoms with E-state index in [1.54, 1.807) is 0 Å². The molecule has 0 aromatic heterocycles. The average molecular weight is 113 g/mol. The molecule has 0 aliphatic rings. The summed E-state index contributed by atoms with van der Waals surface area (Å²) in [5.41, 5.74) is 0.287. The Morgan fingerprint density at radius 1 is 1.71 bits per heavy atom. The predicted molar refractivity (Wildman–Crippen MR) is 15.2 cm³/mol. The van der Waals surface area contributed by atoms with Gasteiger partial charge in [-0.3, -0.25) is 0 Å². The van der Waals surface area contributed by atoms with Gasteiger partial charge in [-0.25, -0.2) is 0 Å². The van der Waals surface area contributed by atoms with E-state index in [-0.39, 0.29) is 35.0 Å². The standard InChI is InChI=1S/C2H5NO3.Na/c4-2(5)1-3-6;/h1,3H2,(H,4,5);/q;+1/p-1. The molecule has 0 radical (unpaired) electrons. The molecule has 0 aliphatic carbocycles. The van der Waals surface area contributed by atoms with Gasteiger partial charge in [0.15, 0.2) is 0 Å². The predicted octanol–water partition coefficient (Wildman–Crippen LogP) is -6.20. The van der Waals surface area contributed by atoms with Crippen molar-refractivity contribution in [3.8, 4) is 0 Å². The van der Waals surface area contributed by atoms with Crippen LogP contribution in [0.4, 0.5) is 0 Å². The molecular formula is C2H4NNaO3. The van der Waals surface area contributed by atoms with Crippen LogP contribution in [0.25, 0.3) is 0 Å². The van der Waals surface area contributed by atoms with E-state index in [4.69, 9.17) is 0 Å². The number of carboxylic acid groups (broad SMARTS) is 1. The topological polar surface area (TPSA) is 79.8 Å². The van der Waals surface area contributed by atoms with E-state index in [1.165, 1.54) is 0 Å². The summed E-state index contributed by atoms with van der Waals surface area (Å²) in [5, 5.41) is 18.5. The Kier molecular flexibility index (Phi) is 9.48. The quantitative estimate of drug-likeness (QED) is 0.286. The van der Waals surface area contributed by atoms with Gasteiger partial charge in [0, 0.05) is 0 Å². The molecular weight excluding hydrogens is 109 g/mol. The maximum Gasteiger partial charge on any atom is 1.00 e. The Hall–Kier alpha value is 0.390. The van der Waals surface area contributed by atoms with Crippen LogP contribution in [-0.4, -0.2) is 12.5 Å². The largest absolute Gasteiger partial charge is 1.00 e. The van der Waals surface area contributed by atoms with Crippen molar-refractivity contribution in [2.75, 3.05) is 6.54 Å². The van der Waals surface area contributed by atoms with Gasteiger partial charge in [0.05, 0.1) is 5.97 Å². The van der Waals surface area contributed by atoms with E-state index in [2.05, 4.69) is 0 Å². The van der Waals surface area contributed by atoms with Gasteiger partial charge in [-0.15, -0.1) is 0 Å². The Labute approximate surface area is 62.8 Å². The number of rotatable bonds is 2. The van der Waals surface area contributed by atoms with Gasteiger partial charge in [0.25, 0.3) is 0 Å². The zero-order valence-electron chi connectivity index (χ0n) is 4.01. The first-order valence-corrected chi connectivity index (χ1v) is 1.41. The molecule has 0 aromatic rings. The summed E-state index contributed by atoms with van der Waals surface area (Å²) in [4.78, 5) is 9.26. The van der Waals surface area contributed by atoms with E-state index in [0.29, 0.717) is 0 Å². The minimum absolute atomic E-state index is 0. The fraction of sp³-hybridized carbons (Fsp3) is 0.500. The number of carboxylic acids is 1. The molecule has 0 aromatic carbocycles. The maximum atomic E-state index is 9.26. The van der Waals surface area contributed by atoms with E-state index < -0.39 is 12.5 Å². The van der Waals surface area contributed by atoms with Crippen molar-refractivity contribution in [2.24, 2.45) is 0 Å². The first-order valence-electron chi connectivity index (χ1n) is 1.41. The Balaban J connectivity index is 0. The normalized spacial score (nSPS) is 7.00. The third kappa shape index (κ3) is 10.7. The van der Waals surface area contributed by atoms with Crippen LogP contribution in [0.1, 0.15) is 0 Å². The molecule has 2 N–H and O–H groups in total. The first-order chi connectivity index (χ1) is 2.77. The average Bonchev–Trinajstić information content (AvgIpc) is 1.35. The van der Waals surface area contributed by atoms with Crippen LogP contribution in [-0.2, 0) is 4.79 Å². The zero-order valence-corrected chi connectivity index (χ0v) is 6.01. The van der Waals surface area contributed by atoms with Crippen LogP contribution >= 0.6 is 0 Å². The molecule has 7 heavy (non-hydrogen) atoms. The molecule has 0 saturated heterocycles.